The molecule has 0 radical (unpaired) electrons. The first-order valence-corrected chi connectivity index (χ1v) is 12.0. The van der Waals surface area contributed by atoms with Crippen molar-refractivity contribution in [3.8, 4) is 5.75 Å². The summed E-state index contributed by atoms with van der Waals surface area (Å²) in [7, 11) is 3.64. The zero-order valence-corrected chi connectivity index (χ0v) is 21.5. The Bertz CT molecular complexity index is 732. The predicted molar refractivity (Wildman–Crippen MR) is 140 cm³/mol. The number of β-amino-alcohol motifs (C(OH)–C–C–N with tert-alkyl or cyclic N) is 1. The van der Waals surface area contributed by atoms with Crippen molar-refractivity contribution in [3.63, 3.8) is 0 Å². The SMILES string of the molecule is CC.CNCc1ccnc(N2CCCC2)c1.COc1ccc(C)cc1.O=CO.OC1CCNC1. The minimum Gasteiger partial charge on any atom is -0.497 e. The lowest BCUT2D eigenvalue weighted by Gasteiger charge is -2.16. The van der Waals surface area contributed by atoms with Gasteiger partial charge in [-0.15, -0.1) is 0 Å². The number of carboxylic acid groups (broad SMARTS) is 1. The second-order valence-corrected chi connectivity index (χ2v) is 7.52. The van der Waals surface area contributed by atoms with E-state index in [4.69, 9.17) is 19.7 Å². The fraction of sp³-hybridized carbons (Fsp3) is 0.538. The molecular weight excluding hydrogens is 432 g/mol. The molecule has 4 rings (SSSR count). The number of aliphatic hydroxyl groups excluding tert-OH is 1. The van der Waals surface area contributed by atoms with Crippen molar-refractivity contribution in [2.24, 2.45) is 0 Å². The minimum absolute atomic E-state index is 0.0648. The fourth-order valence-electron chi connectivity index (χ4n) is 3.21. The van der Waals surface area contributed by atoms with E-state index in [2.05, 4.69) is 39.6 Å². The number of hydrogen-bond acceptors (Lipinski definition) is 7. The molecule has 192 valence electrons. The maximum atomic E-state index is 8.67. The smallest absolute Gasteiger partial charge is 0.290 e. The predicted octanol–water partition coefficient (Wildman–Crippen LogP) is 3.47. The summed E-state index contributed by atoms with van der Waals surface area (Å²) in [5.41, 5.74) is 2.57. The first-order chi connectivity index (χ1) is 16.5. The third kappa shape index (κ3) is 14.5. The van der Waals surface area contributed by atoms with Crippen LogP contribution < -0.4 is 20.3 Å². The summed E-state index contributed by atoms with van der Waals surface area (Å²) in [6.07, 6.45) is 5.38. The lowest BCUT2D eigenvalue weighted by molar-refractivity contribution is -0.122. The molecule has 0 bridgehead atoms. The second-order valence-electron chi connectivity index (χ2n) is 7.52. The topological polar surface area (TPSA) is 107 Å². The number of pyridine rings is 1. The number of hydrogen-bond donors (Lipinski definition) is 4. The van der Waals surface area contributed by atoms with Crippen molar-refractivity contribution >= 4 is 12.3 Å². The summed E-state index contributed by atoms with van der Waals surface area (Å²) in [5, 5.41) is 21.7. The van der Waals surface area contributed by atoms with E-state index in [1.165, 1.54) is 24.0 Å². The Kier molecular flexibility index (Phi) is 19.2. The largest absolute Gasteiger partial charge is 0.497 e. The molecule has 1 aromatic heterocycles. The van der Waals surface area contributed by atoms with E-state index in [9.17, 15) is 0 Å². The van der Waals surface area contributed by atoms with Crippen molar-refractivity contribution in [2.75, 3.05) is 45.2 Å². The minimum atomic E-state index is -0.250. The molecule has 1 atom stereocenters. The van der Waals surface area contributed by atoms with Gasteiger partial charge in [-0.05, 0) is 69.6 Å². The van der Waals surface area contributed by atoms with Gasteiger partial charge in [0, 0.05) is 32.4 Å². The lowest BCUT2D eigenvalue weighted by atomic mass is 10.2. The number of rotatable bonds is 4. The molecule has 8 heteroatoms. The van der Waals surface area contributed by atoms with Gasteiger partial charge >= 0.3 is 0 Å². The average Bonchev–Trinajstić information content (AvgIpc) is 3.57. The Morgan fingerprint density at radius 1 is 1.21 bits per heavy atom. The molecule has 3 heterocycles. The van der Waals surface area contributed by atoms with E-state index in [0.717, 1.165) is 50.7 Å². The molecule has 34 heavy (non-hydrogen) atoms. The van der Waals surface area contributed by atoms with Crippen LogP contribution in [-0.4, -0.2) is 68.1 Å². The van der Waals surface area contributed by atoms with Crippen LogP contribution >= 0.6 is 0 Å². The molecule has 2 aliphatic heterocycles. The van der Waals surface area contributed by atoms with Gasteiger partial charge in [0.05, 0.1) is 13.2 Å². The number of aromatic nitrogens is 1. The summed E-state index contributed by atoms with van der Waals surface area (Å²) in [5.74, 6) is 2.05. The third-order valence-electron chi connectivity index (χ3n) is 4.91. The molecule has 0 spiro atoms. The lowest BCUT2D eigenvalue weighted by Crippen LogP contribution is -2.19. The van der Waals surface area contributed by atoms with Crippen molar-refractivity contribution in [1.29, 1.82) is 0 Å². The first kappa shape index (κ1) is 31.3. The molecule has 2 fully saturated rings. The first-order valence-electron chi connectivity index (χ1n) is 12.0. The standard InChI is InChI=1S/C11H17N3.C8H10O.C4H9NO.C2H6.CH2O2/c1-12-9-10-4-5-13-11(8-10)14-6-2-3-7-14;1-7-3-5-8(9-2)6-4-7;6-4-1-2-5-3-4;1-2;2-1-3/h4-5,8,12H,2-3,6-7,9H2,1H3;3-6H,1-2H3;4-6H,1-3H2;1-2H3;1H,(H,2,3). The number of aryl methyl sites for hydroxylation is 1. The van der Waals surface area contributed by atoms with Crippen LogP contribution in [0.1, 0.15) is 44.2 Å². The summed E-state index contributed by atoms with van der Waals surface area (Å²) < 4.78 is 4.97. The number of methoxy groups -OCH3 is 1. The molecular formula is C26H44N4O4. The molecule has 0 aliphatic carbocycles. The number of anilines is 1. The number of nitrogens with one attached hydrogen (secondary N) is 2. The monoisotopic (exact) mass is 476 g/mol. The Morgan fingerprint density at radius 3 is 2.26 bits per heavy atom. The highest BCUT2D eigenvalue weighted by Crippen LogP contribution is 2.18. The quantitative estimate of drug-likeness (QED) is 0.497. The zero-order chi connectivity index (χ0) is 25.6. The molecule has 1 unspecified atom stereocenters. The molecule has 0 saturated carbocycles. The average molecular weight is 477 g/mol. The number of aliphatic hydroxyl groups is 1. The van der Waals surface area contributed by atoms with Gasteiger partial charge < -0.3 is 30.5 Å². The van der Waals surface area contributed by atoms with E-state index in [0.29, 0.717) is 0 Å². The highest BCUT2D eigenvalue weighted by atomic mass is 16.5. The van der Waals surface area contributed by atoms with Gasteiger partial charge in [-0.25, -0.2) is 4.98 Å². The summed E-state index contributed by atoms with van der Waals surface area (Å²) in [6.45, 7) is 10.8. The third-order valence-corrected chi connectivity index (χ3v) is 4.91. The van der Waals surface area contributed by atoms with E-state index < -0.39 is 0 Å². The molecule has 4 N–H and O–H groups in total. The van der Waals surface area contributed by atoms with Gasteiger partial charge in [0.1, 0.15) is 11.6 Å². The van der Waals surface area contributed by atoms with E-state index in [1.807, 2.05) is 51.4 Å². The molecule has 2 saturated heterocycles. The number of ether oxygens (including phenoxy) is 1. The maximum Gasteiger partial charge on any atom is 0.290 e. The number of carbonyl (C=O) groups is 1. The Labute approximate surface area is 205 Å². The molecule has 8 nitrogen and oxygen atoms in total. The van der Waals surface area contributed by atoms with Crippen LogP contribution in [-0.2, 0) is 11.3 Å². The highest BCUT2D eigenvalue weighted by molar-refractivity contribution is 5.41. The van der Waals surface area contributed by atoms with Gasteiger partial charge in [0.15, 0.2) is 0 Å². The van der Waals surface area contributed by atoms with Crippen LogP contribution in [0.25, 0.3) is 0 Å². The van der Waals surface area contributed by atoms with E-state index in [1.54, 1.807) is 7.11 Å². The fourth-order valence-corrected chi connectivity index (χ4v) is 3.21. The van der Waals surface area contributed by atoms with Crippen LogP contribution in [0.15, 0.2) is 42.6 Å². The van der Waals surface area contributed by atoms with Gasteiger partial charge in [0.2, 0.25) is 0 Å². The molecule has 1 aromatic carbocycles. The Balaban J connectivity index is 0.000000469. The van der Waals surface area contributed by atoms with Crippen LogP contribution in [0.3, 0.4) is 0 Å². The Hall–Kier alpha value is -2.68. The van der Waals surface area contributed by atoms with Crippen molar-refractivity contribution in [3.05, 3.63) is 53.7 Å². The molecule has 2 aliphatic rings. The van der Waals surface area contributed by atoms with Crippen molar-refractivity contribution < 1.29 is 19.7 Å². The van der Waals surface area contributed by atoms with Crippen LogP contribution in [0.5, 0.6) is 5.75 Å². The summed E-state index contributed by atoms with van der Waals surface area (Å²) in [6, 6.07) is 12.2. The maximum absolute atomic E-state index is 8.67. The van der Waals surface area contributed by atoms with Crippen LogP contribution in [0.4, 0.5) is 5.82 Å². The van der Waals surface area contributed by atoms with Crippen molar-refractivity contribution in [1.82, 2.24) is 15.6 Å². The number of benzene rings is 1. The van der Waals surface area contributed by atoms with Gasteiger partial charge in [0.25, 0.3) is 6.47 Å². The summed E-state index contributed by atoms with van der Waals surface area (Å²) >= 11 is 0. The molecule has 0 amide bonds. The highest BCUT2D eigenvalue weighted by Gasteiger charge is 2.13. The zero-order valence-electron chi connectivity index (χ0n) is 21.5. The summed E-state index contributed by atoms with van der Waals surface area (Å²) in [4.78, 5) is 15.1. The van der Waals surface area contributed by atoms with Crippen LogP contribution in [0.2, 0.25) is 0 Å². The van der Waals surface area contributed by atoms with Gasteiger partial charge in [-0.1, -0.05) is 31.5 Å². The van der Waals surface area contributed by atoms with Crippen LogP contribution in [0, 0.1) is 6.92 Å². The van der Waals surface area contributed by atoms with Gasteiger partial charge in [-0.3, -0.25) is 4.79 Å². The Morgan fingerprint density at radius 2 is 1.82 bits per heavy atom. The van der Waals surface area contributed by atoms with E-state index in [-0.39, 0.29) is 12.6 Å². The second kappa shape index (κ2) is 20.9. The van der Waals surface area contributed by atoms with Crippen molar-refractivity contribution in [2.45, 2.75) is 52.7 Å². The van der Waals surface area contributed by atoms with E-state index >= 15 is 0 Å². The van der Waals surface area contributed by atoms with Gasteiger partial charge in [-0.2, -0.15) is 0 Å². The molecule has 2 aromatic rings. The normalized spacial score (nSPS) is 15.7. The number of nitrogens with zero attached hydrogens (tertiary/aromatic N) is 2.